The summed E-state index contributed by atoms with van der Waals surface area (Å²) >= 11 is 0. The third-order valence-corrected chi connectivity index (χ3v) is 3.10. The van der Waals surface area contributed by atoms with Crippen molar-refractivity contribution < 1.29 is 27.0 Å². The number of anilines is 2. The highest BCUT2D eigenvalue weighted by molar-refractivity contribution is 5.74. The lowest BCUT2D eigenvalue weighted by atomic mass is 10.1. The Morgan fingerprint density at radius 1 is 1.00 bits per heavy atom. The predicted molar refractivity (Wildman–Crippen MR) is 72.2 cm³/mol. The molecule has 7 nitrogen and oxygen atoms in total. The number of alkyl halides is 4. The zero-order valence-electron chi connectivity index (χ0n) is 11.6. The van der Waals surface area contributed by atoms with Crippen LogP contribution in [0.25, 0.3) is 11.3 Å². The molecule has 2 heterocycles. The average molecular weight is 341 g/mol. The highest BCUT2D eigenvalue weighted by Gasteiger charge is 2.65. The van der Waals surface area contributed by atoms with Gasteiger partial charge in [-0.2, -0.15) is 27.8 Å². The molecule has 2 aromatic rings. The molecule has 0 amide bonds. The van der Waals surface area contributed by atoms with E-state index in [2.05, 4.69) is 19.4 Å². The van der Waals surface area contributed by atoms with Crippen LogP contribution in [-0.2, 0) is 0 Å². The molecule has 0 radical (unpaired) electrons. The van der Waals surface area contributed by atoms with Gasteiger partial charge < -0.3 is 20.9 Å². The first-order valence-corrected chi connectivity index (χ1v) is 6.26. The fourth-order valence-corrected chi connectivity index (χ4v) is 2.03. The number of nitriles is 1. The van der Waals surface area contributed by atoms with E-state index >= 15 is 0 Å². The molecule has 0 bridgehead atoms. The van der Waals surface area contributed by atoms with Crippen molar-refractivity contribution in [1.29, 1.82) is 5.26 Å². The third kappa shape index (κ3) is 2.28. The van der Waals surface area contributed by atoms with Crippen LogP contribution in [-0.4, -0.2) is 22.2 Å². The van der Waals surface area contributed by atoms with E-state index in [1.807, 2.05) is 0 Å². The molecular weight excluding hydrogens is 334 g/mol. The quantitative estimate of drug-likeness (QED) is 0.762. The molecule has 0 aliphatic carbocycles. The molecule has 1 aromatic heterocycles. The van der Waals surface area contributed by atoms with Crippen molar-refractivity contribution >= 4 is 11.8 Å². The summed E-state index contributed by atoms with van der Waals surface area (Å²) < 4.78 is 60.7. The molecule has 0 atom stereocenters. The first kappa shape index (κ1) is 15.6. The number of fused-ring (bicyclic) bond motifs is 1. The molecule has 1 aliphatic heterocycles. The normalized spacial score (nSPS) is 17.1. The first-order valence-electron chi connectivity index (χ1n) is 6.26. The minimum absolute atomic E-state index is 0.0606. The molecule has 0 spiro atoms. The van der Waals surface area contributed by atoms with E-state index in [0.717, 1.165) is 12.1 Å². The maximum atomic E-state index is 13.3. The number of nitrogens with two attached hydrogens (primary N) is 2. The van der Waals surface area contributed by atoms with E-state index in [4.69, 9.17) is 16.7 Å². The first-order chi connectivity index (χ1) is 11.1. The van der Waals surface area contributed by atoms with Crippen LogP contribution in [0.4, 0.5) is 29.3 Å². The lowest BCUT2D eigenvalue weighted by molar-refractivity contribution is -0.391. The summed E-state index contributed by atoms with van der Waals surface area (Å²) in [5.74, 6) is -1.72. The molecule has 4 N–H and O–H groups in total. The van der Waals surface area contributed by atoms with Gasteiger partial charge in [-0.25, -0.2) is 4.98 Å². The second-order valence-corrected chi connectivity index (χ2v) is 4.70. The molecule has 1 aromatic carbocycles. The van der Waals surface area contributed by atoms with Crippen molar-refractivity contribution in [3.8, 4) is 28.8 Å². The van der Waals surface area contributed by atoms with Crippen LogP contribution >= 0.6 is 0 Å². The second kappa shape index (κ2) is 4.85. The van der Waals surface area contributed by atoms with Crippen LogP contribution in [0, 0.1) is 11.3 Å². The smallest absolute Gasteiger partial charge is 0.421 e. The van der Waals surface area contributed by atoms with Crippen molar-refractivity contribution in [1.82, 2.24) is 9.97 Å². The Bertz CT molecular complexity index is 881. The molecule has 24 heavy (non-hydrogen) atoms. The molecule has 11 heteroatoms. The minimum Gasteiger partial charge on any atom is -0.421 e. The summed E-state index contributed by atoms with van der Waals surface area (Å²) in [6.07, 6.45) is -9.68. The molecule has 124 valence electrons. The van der Waals surface area contributed by atoms with Gasteiger partial charge in [-0.15, -0.1) is 0 Å². The van der Waals surface area contributed by atoms with Gasteiger partial charge in [0.1, 0.15) is 17.5 Å². The Hall–Kier alpha value is -3.29. The van der Waals surface area contributed by atoms with Crippen LogP contribution in [0.3, 0.4) is 0 Å². The zero-order valence-corrected chi connectivity index (χ0v) is 11.6. The number of rotatable bonds is 1. The lowest BCUT2D eigenvalue weighted by Gasteiger charge is -2.31. The van der Waals surface area contributed by atoms with Crippen molar-refractivity contribution in [2.75, 3.05) is 11.5 Å². The Kier molecular flexibility index (Phi) is 3.15. The molecule has 0 fully saturated rings. The molecule has 0 saturated carbocycles. The maximum Gasteiger partial charge on any atom is 0.507 e. The average Bonchev–Trinajstić information content (AvgIpc) is 2.46. The van der Waals surface area contributed by atoms with Crippen LogP contribution in [0.1, 0.15) is 5.56 Å². The number of nitrogen functional groups attached to an aromatic ring is 2. The summed E-state index contributed by atoms with van der Waals surface area (Å²) in [5.41, 5.74) is 10.9. The molecule has 1 aliphatic rings. The minimum atomic E-state index is -4.86. The lowest BCUT2D eigenvalue weighted by Crippen LogP contribution is -2.52. The van der Waals surface area contributed by atoms with E-state index < -0.39 is 23.7 Å². The van der Waals surface area contributed by atoms with Crippen molar-refractivity contribution in [3.05, 3.63) is 23.8 Å². The van der Waals surface area contributed by atoms with Gasteiger partial charge in [0.15, 0.2) is 11.5 Å². The summed E-state index contributed by atoms with van der Waals surface area (Å²) in [5, 5.41) is 9.12. The SMILES string of the molecule is N#Cc1c(N)nc(N)nc1-c1ccc2c(c1)OC(F)(F)C(F)(F)O2. The van der Waals surface area contributed by atoms with Gasteiger partial charge in [0.2, 0.25) is 5.95 Å². The number of halogens is 4. The summed E-state index contributed by atoms with van der Waals surface area (Å²) in [4.78, 5) is 7.43. The van der Waals surface area contributed by atoms with E-state index in [0.29, 0.717) is 0 Å². The Morgan fingerprint density at radius 2 is 1.62 bits per heavy atom. The molecule has 3 rings (SSSR count). The van der Waals surface area contributed by atoms with Gasteiger partial charge in [-0.3, -0.25) is 0 Å². The monoisotopic (exact) mass is 341 g/mol. The number of benzene rings is 1. The van der Waals surface area contributed by atoms with Gasteiger partial charge in [0, 0.05) is 5.56 Å². The fraction of sp³-hybridized carbons (Fsp3) is 0.154. The standard InChI is InChI=1S/C13H7F4N5O2/c14-12(15)13(16,17)24-8-3-5(1-2-7(8)23-12)9-6(4-18)10(19)22-11(20)21-9/h1-3H,(H4,19,20,21,22). The van der Waals surface area contributed by atoms with Gasteiger partial charge >= 0.3 is 12.2 Å². The Labute approximate surface area is 131 Å². The Balaban J connectivity index is 2.14. The van der Waals surface area contributed by atoms with Gasteiger partial charge in [-0.1, -0.05) is 0 Å². The van der Waals surface area contributed by atoms with Crippen LogP contribution in [0.15, 0.2) is 18.2 Å². The van der Waals surface area contributed by atoms with Crippen molar-refractivity contribution in [3.63, 3.8) is 0 Å². The third-order valence-electron chi connectivity index (χ3n) is 3.10. The van der Waals surface area contributed by atoms with Crippen molar-refractivity contribution in [2.24, 2.45) is 0 Å². The largest absolute Gasteiger partial charge is 0.507 e. The highest BCUT2D eigenvalue weighted by atomic mass is 19.3. The molecular formula is C13H7F4N5O2. The molecule has 0 unspecified atom stereocenters. The number of aromatic nitrogens is 2. The topological polar surface area (TPSA) is 120 Å². The van der Waals surface area contributed by atoms with Gasteiger partial charge in [-0.05, 0) is 18.2 Å². The van der Waals surface area contributed by atoms with Gasteiger partial charge in [0.25, 0.3) is 0 Å². The Morgan fingerprint density at radius 3 is 2.25 bits per heavy atom. The summed E-state index contributed by atoms with van der Waals surface area (Å²) in [6, 6.07) is 4.90. The molecule has 0 saturated heterocycles. The number of ether oxygens (including phenoxy) is 2. The highest BCUT2D eigenvalue weighted by Crippen LogP contribution is 2.48. The van der Waals surface area contributed by atoms with E-state index in [1.165, 1.54) is 6.07 Å². The number of hydrogen-bond donors (Lipinski definition) is 2. The van der Waals surface area contributed by atoms with E-state index in [9.17, 15) is 17.6 Å². The number of nitrogens with zero attached hydrogens (tertiary/aromatic N) is 3. The van der Waals surface area contributed by atoms with Crippen LogP contribution in [0.5, 0.6) is 11.5 Å². The van der Waals surface area contributed by atoms with E-state index in [-0.39, 0.29) is 28.6 Å². The number of hydrogen-bond acceptors (Lipinski definition) is 7. The predicted octanol–water partition coefficient (Wildman–Crippen LogP) is 2.14. The fourth-order valence-electron chi connectivity index (χ4n) is 2.03. The zero-order chi connectivity index (χ0) is 17.7. The van der Waals surface area contributed by atoms with Crippen molar-refractivity contribution in [2.45, 2.75) is 12.2 Å². The van der Waals surface area contributed by atoms with Gasteiger partial charge in [0.05, 0.1) is 5.69 Å². The second-order valence-electron chi connectivity index (χ2n) is 4.70. The van der Waals surface area contributed by atoms with Crippen LogP contribution < -0.4 is 20.9 Å². The maximum absolute atomic E-state index is 13.3. The van der Waals surface area contributed by atoms with Crippen LogP contribution in [0.2, 0.25) is 0 Å². The van der Waals surface area contributed by atoms with E-state index in [1.54, 1.807) is 6.07 Å². The summed E-state index contributed by atoms with van der Waals surface area (Å²) in [7, 11) is 0. The summed E-state index contributed by atoms with van der Waals surface area (Å²) in [6.45, 7) is 0.